The predicted octanol–water partition coefficient (Wildman–Crippen LogP) is 3.80. The van der Waals surface area contributed by atoms with E-state index in [4.69, 9.17) is 11.6 Å². The first kappa shape index (κ1) is 11.2. The molecular formula is C15H11ClFN2. The third-order valence-electron chi connectivity index (χ3n) is 4.09. The molecule has 0 amide bonds. The van der Waals surface area contributed by atoms with E-state index in [0.29, 0.717) is 16.1 Å². The van der Waals surface area contributed by atoms with Crippen LogP contribution >= 0.6 is 11.6 Å². The van der Waals surface area contributed by atoms with Gasteiger partial charge in [0.1, 0.15) is 11.6 Å². The minimum atomic E-state index is -0.387. The molecule has 2 heterocycles. The van der Waals surface area contributed by atoms with E-state index in [-0.39, 0.29) is 11.2 Å². The van der Waals surface area contributed by atoms with Gasteiger partial charge in [-0.15, -0.1) is 0 Å². The molecule has 1 aromatic heterocycles. The zero-order chi connectivity index (χ0) is 13.0. The van der Waals surface area contributed by atoms with Crippen LogP contribution in [0.1, 0.15) is 18.4 Å². The van der Waals surface area contributed by atoms with Gasteiger partial charge in [-0.2, -0.15) is 0 Å². The van der Waals surface area contributed by atoms with Crippen molar-refractivity contribution in [1.29, 1.82) is 0 Å². The Labute approximate surface area is 115 Å². The second kappa shape index (κ2) is 3.70. The lowest BCUT2D eigenvalue weighted by molar-refractivity contribution is 0.629. The van der Waals surface area contributed by atoms with Crippen LogP contribution in [-0.4, -0.2) is 11.5 Å². The SMILES string of the molecule is Fc1[c]cccc1-c1cnc2c(c1Cl)C1(CC1)CN2. The first-order valence-corrected chi connectivity index (χ1v) is 6.68. The molecule has 0 saturated heterocycles. The van der Waals surface area contributed by atoms with Gasteiger partial charge in [0.25, 0.3) is 0 Å². The molecular weight excluding hydrogens is 263 g/mol. The van der Waals surface area contributed by atoms with Crippen molar-refractivity contribution in [3.05, 3.63) is 46.9 Å². The molecule has 1 radical (unpaired) electrons. The fourth-order valence-electron chi connectivity index (χ4n) is 2.84. The second-order valence-electron chi connectivity index (χ2n) is 5.24. The molecule has 0 atom stereocenters. The predicted molar refractivity (Wildman–Crippen MR) is 72.9 cm³/mol. The highest BCUT2D eigenvalue weighted by Crippen LogP contribution is 2.57. The van der Waals surface area contributed by atoms with Crippen molar-refractivity contribution in [3.63, 3.8) is 0 Å². The van der Waals surface area contributed by atoms with E-state index in [9.17, 15) is 4.39 Å². The van der Waals surface area contributed by atoms with Crippen LogP contribution in [0, 0.1) is 11.9 Å². The zero-order valence-electron chi connectivity index (χ0n) is 10.1. The Morgan fingerprint density at radius 3 is 2.95 bits per heavy atom. The third kappa shape index (κ3) is 1.51. The summed E-state index contributed by atoms with van der Waals surface area (Å²) < 4.78 is 13.9. The maximum atomic E-state index is 13.9. The van der Waals surface area contributed by atoms with Gasteiger partial charge in [0.05, 0.1) is 5.02 Å². The summed E-state index contributed by atoms with van der Waals surface area (Å²) in [4.78, 5) is 4.40. The Morgan fingerprint density at radius 2 is 2.21 bits per heavy atom. The van der Waals surface area contributed by atoms with Gasteiger partial charge >= 0.3 is 0 Å². The number of hydrogen-bond donors (Lipinski definition) is 1. The Morgan fingerprint density at radius 1 is 1.37 bits per heavy atom. The molecule has 2 nitrogen and oxygen atoms in total. The van der Waals surface area contributed by atoms with Crippen molar-refractivity contribution >= 4 is 17.4 Å². The molecule has 1 aromatic carbocycles. The maximum absolute atomic E-state index is 13.9. The number of nitrogens with one attached hydrogen (secondary N) is 1. The Balaban J connectivity index is 1.94. The van der Waals surface area contributed by atoms with E-state index in [1.165, 1.54) is 0 Å². The molecule has 4 rings (SSSR count). The van der Waals surface area contributed by atoms with Crippen molar-refractivity contribution in [3.8, 4) is 11.1 Å². The number of benzene rings is 1. The van der Waals surface area contributed by atoms with Crippen molar-refractivity contribution in [2.75, 3.05) is 11.9 Å². The number of hydrogen-bond acceptors (Lipinski definition) is 2. The standard InChI is InChI=1S/C15H11ClFN2/c16-13-10(9-3-1-2-4-11(9)17)7-18-14-12(13)15(5-6-15)8-19-14/h1-3,7H,5-6,8H2,(H,18,19). The van der Waals surface area contributed by atoms with E-state index in [1.807, 2.05) is 0 Å². The van der Waals surface area contributed by atoms with Gasteiger partial charge in [-0.3, -0.25) is 0 Å². The topological polar surface area (TPSA) is 24.9 Å². The first-order chi connectivity index (χ1) is 9.21. The Kier molecular flexibility index (Phi) is 2.19. The number of anilines is 1. The molecule has 1 aliphatic carbocycles. The Hall–Kier alpha value is -1.61. The average Bonchev–Trinajstić information content (AvgIpc) is 3.08. The molecule has 95 valence electrons. The van der Waals surface area contributed by atoms with Gasteiger partial charge in [-0.1, -0.05) is 29.8 Å². The lowest BCUT2D eigenvalue weighted by Crippen LogP contribution is -2.08. The average molecular weight is 274 g/mol. The van der Waals surface area contributed by atoms with Crippen LogP contribution in [0.2, 0.25) is 5.02 Å². The minimum absolute atomic E-state index is 0.143. The van der Waals surface area contributed by atoms with Gasteiger partial charge in [-0.05, 0) is 12.8 Å². The maximum Gasteiger partial charge on any atom is 0.139 e. The number of nitrogens with zero attached hydrogens (tertiary/aromatic N) is 1. The minimum Gasteiger partial charge on any atom is -0.369 e. The Bertz CT molecular complexity index is 680. The van der Waals surface area contributed by atoms with Gasteiger partial charge in [-0.25, -0.2) is 9.37 Å². The molecule has 2 aliphatic rings. The van der Waals surface area contributed by atoms with Gasteiger partial charge in [0, 0.05) is 40.9 Å². The fraction of sp³-hybridized carbons (Fsp3) is 0.267. The molecule has 1 saturated carbocycles. The summed E-state index contributed by atoms with van der Waals surface area (Å²) in [5.74, 6) is 0.466. The van der Waals surface area contributed by atoms with Crippen molar-refractivity contribution in [1.82, 2.24) is 4.98 Å². The monoisotopic (exact) mass is 273 g/mol. The molecule has 1 spiro atoms. The molecule has 1 N–H and O–H groups in total. The number of halogens is 2. The molecule has 1 aliphatic heterocycles. The summed E-state index contributed by atoms with van der Waals surface area (Å²) in [6.07, 6.45) is 3.89. The van der Waals surface area contributed by atoms with Crippen LogP contribution in [0.15, 0.2) is 24.4 Å². The summed E-state index contributed by atoms with van der Waals surface area (Å²) >= 11 is 6.52. The van der Waals surface area contributed by atoms with E-state index >= 15 is 0 Å². The summed E-state index contributed by atoms with van der Waals surface area (Å²) in [5.41, 5.74) is 2.33. The summed E-state index contributed by atoms with van der Waals surface area (Å²) in [6.45, 7) is 0.891. The van der Waals surface area contributed by atoms with E-state index < -0.39 is 0 Å². The number of pyridine rings is 1. The van der Waals surface area contributed by atoms with Crippen LogP contribution in [0.5, 0.6) is 0 Å². The quantitative estimate of drug-likeness (QED) is 0.855. The molecule has 1 fully saturated rings. The van der Waals surface area contributed by atoms with Gasteiger partial charge in [0.2, 0.25) is 0 Å². The van der Waals surface area contributed by atoms with Gasteiger partial charge in [0.15, 0.2) is 0 Å². The normalized spacial score (nSPS) is 18.2. The lowest BCUT2D eigenvalue weighted by atomic mass is 9.96. The molecule has 0 unspecified atom stereocenters. The highest BCUT2D eigenvalue weighted by Gasteiger charge is 2.51. The molecule has 0 bridgehead atoms. The number of aromatic nitrogens is 1. The van der Waals surface area contributed by atoms with Crippen molar-refractivity contribution < 1.29 is 4.39 Å². The van der Waals surface area contributed by atoms with Crippen LogP contribution in [0.25, 0.3) is 11.1 Å². The number of rotatable bonds is 1. The van der Waals surface area contributed by atoms with E-state index in [2.05, 4.69) is 16.4 Å². The van der Waals surface area contributed by atoms with Crippen LogP contribution in [0.3, 0.4) is 0 Å². The van der Waals surface area contributed by atoms with E-state index in [1.54, 1.807) is 24.4 Å². The smallest absolute Gasteiger partial charge is 0.139 e. The highest BCUT2D eigenvalue weighted by atomic mass is 35.5. The molecule has 2 aromatic rings. The molecule has 19 heavy (non-hydrogen) atoms. The summed E-state index contributed by atoms with van der Waals surface area (Å²) in [6, 6.07) is 7.58. The van der Waals surface area contributed by atoms with Crippen molar-refractivity contribution in [2.45, 2.75) is 18.3 Å². The second-order valence-corrected chi connectivity index (χ2v) is 5.62. The highest BCUT2D eigenvalue weighted by molar-refractivity contribution is 6.34. The van der Waals surface area contributed by atoms with E-state index in [0.717, 1.165) is 30.8 Å². The molecule has 4 heteroatoms. The van der Waals surface area contributed by atoms with Crippen molar-refractivity contribution in [2.24, 2.45) is 0 Å². The van der Waals surface area contributed by atoms with Crippen LogP contribution in [0.4, 0.5) is 10.2 Å². The zero-order valence-corrected chi connectivity index (χ0v) is 10.9. The first-order valence-electron chi connectivity index (χ1n) is 6.31. The third-order valence-corrected chi connectivity index (χ3v) is 4.48. The van der Waals surface area contributed by atoms with Gasteiger partial charge < -0.3 is 5.32 Å². The largest absolute Gasteiger partial charge is 0.369 e. The van der Waals surface area contributed by atoms with Crippen LogP contribution in [-0.2, 0) is 5.41 Å². The summed E-state index contributed by atoms with van der Waals surface area (Å²) in [5, 5.41) is 3.92. The fourth-order valence-corrected chi connectivity index (χ4v) is 3.28. The van der Waals surface area contributed by atoms with Crippen LogP contribution < -0.4 is 5.32 Å². The lowest BCUT2D eigenvalue weighted by Gasteiger charge is -2.12. The summed E-state index contributed by atoms with van der Waals surface area (Å²) in [7, 11) is 0. The number of fused-ring (bicyclic) bond motifs is 2.